The highest BCUT2D eigenvalue weighted by Gasteiger charge is 2.21. The topological polar surface area (TPSA) is 58.9 Å². The van der Waals surface area contributed by atoms with Gasteiger partial charge in [-0.15, -0.1) is 0 Å². The van der Waals surface area contributed by atoms with Crippen LogP contribution in [0.4, 0.5) is 0 Å². The van der Waals surface area contributed by atoms with Crippen molar-refractivity contribution in [1.82, 2.24) is 0 Å². The summed E-state index contributed by atoms with van der Waals surface area (Å²) in [6.07, 6.45) is 0.0240. The lowest BCUT2D eigenvalue weighted by atomic mass is 10.1. The number of benzene rings is 1. The molecule has 0 bridgehead atoms. The summed E-state index contributed by atoms with van der Waals surface area (Å²) in [4.78, 5) is 0. The Labute approximate surface area is 88.1 Å². The molecular weight excluding hydrogens is 196 g/mol. The molecule has 4 nitrogen and oxygen atoms in total. The molecule has 0 saturated carbocycles. The second-order valence-corrected chi connectivity index (χ2v) is 3.55. The third-order valence-electron chi connectivity index (χ3n) is 2.35. The molecule has 0 aliphatic carbocycles. The molecule has 0 saturated heterocycles. The lowest BCUT2D eigenvalue weighted by Gasteiger charge is -2.15. The fraction of sp³-hybridized carbons (Fsp3) is 0.455. The van der Waals surface area contributed by atoms with Crippen molar-refractivity contribution < 1.29 is 19.7 Å². The number of phenolic OH excluding ortho intramolecular Hbond substituents is 1. The van der Waals surface area contributed by atoms with Crippen LogP contribution in [-0.2, 0) is 0 Å². The number of aliphatic hydroxyl groups excluding tert-OH is 1. The van der Waals surface area contributed by atoms with E-state index in [9.17, 15) is 10.2 Å². The van der Waals surface area contributed by atoms with Gasteiger partial charge >= 0.3 is 0 Å². The van der Waals surface area contributed by atoms with Gasteiger partial charge in [-0.2, -0.15) is 0 Å². The molecule has 1 aromatic carbocycles. The van der Waals surface area contributed by atoms with E-state index in [0.717, 1.165) is 6.42 Å². The van der Waals surface area contributed by atoms with Crippen molar-refractivity contribution in [1.29, 1.82) is 0 Å². The molecule has 0 fully saturated rings. The molecular formula is C11H14O4. The molecule has 1 aliphatic heterocycles. The van der Waals surface area contributed by atoms with Crippen LogP contribution in [0.5, 0.6) is 17.2 Å². The lowest BCUT2D eigenvalue weighted by molar-refractivity contribution is 0.187. The van der Waals surface area contributed by atoms with E-state index in [-0.39, 0.29) is 5.75 Å². The van der Waals surface area contributed by atoms with Crippen LogP contribution in [0.3, 0.4) is 0 Å². The van der Waals surface area contributed by atoms with Crippen LogP contribution in [0.15, 0.2) is 12.1 Å². The maximum absolute atomic E-state index is 9.63. The minimum Gasteiger partial charge on any atom is -0.507 e. The second-order valence-electron chi connectivity index (χ2n) is 3.55. The second kappa shape index (κ2) is 3.98. The highest BCUT2D eigenvalue weighted by molar-refractivity contribution is 5.54. The highest BCUT2D eigenvalue weighted by atomic mass is 16.5. The Morgan fingerprint density at radius 2 is 2.00 bits per heavy atom. The molecule has 15 heavy (non-hydrogen) atoms. The van der Waals surface area contributed by atoms with E-state index in [0.29, 0.717) is 30.3 Å². The van der Waals surface area contributed by atoms with Crippen LogP contribution in [0.2, 0.25) is 0 Å². The van der Waals surface area contributed by atoms with Crippen LogP contribution in [0.25, 0.3) is 0 Å². The van der Waals surface area contributed by atoms with E-state index < -0.39 is 6.10 Å². The molecule has 2 N–H and O–H groups in total. The van der Waals surface area contributed by atoms with Crippen molar-refractivity contribution in [2.75, 3.05) is 13.2 Å². The summed E-state index contributed by atoms with van der Waals surface area (Å²) in [6, 6.07) is 3.16. The molecule has 2 rings (SSSR count). The molecule has 0 spiro atoms. The van der Waals surface area contributed by atoms with Gasteiger partial charge in [0.2, 0.25) is 0 Å². The normalized spacial score (nSPS) is 16.9. The summed E-state index contributed by atoms with van der Waals surface area (Å²) in [6.45, 7) is 2.72. The number of rotatable bonds is 1. The number of ether oxygens (including phenoxy) is 2. The predicted molar refractivity (Wildman–Crippen MR) is 54.3 cm³/mol. The highest BCUT2D eigenvalue weighted by Crippen LogP contribution is 2.41. The Kier molecular flexibility index (Phi) is 2.68. The van der Waals surface area contributed by atoms with Crippen molar-refractivity contribution in [2.24, 2.45) is 0 Å². The van der Waals surface area contributed by atoms with Gasteiger partial charge < -0.3 is 19.7 Å². The Morgan fingerprint density at radius 3 is 2.73 bits per heavy atom. The molecule has 1 unspecified atom stereocenters. The third kappa shape index (κ3) is 1.85. The van der Waals surface area contributed by atoms with E-state index >= 15 is 0 Å². The van der Waals surface area contributed by atoms with Crippen LogP contribution >= 0.6 is 0 Å². The molecule has 0 aromatic heterocycles. The predicted octanol–water partition coefficient (Wildman–Crippen LogP) is 1.61. The first-order valence-corrected chi connectivity index (χ1v) is 4.99. The summed E-state index contributed by atoms with van der Waals surface area (Å²) >= 11 is 0. The van der Waals surface area contributed by atoms with Gasteiger partial charge in [0.05, 0.1) is 24.9 Å². The first kappa shape index (κ1) is 10.1. The molecule has 1 heterocycles. The van der Waals surface area contributed by atoms with Crippen molar-refractivity contribution in [3.8, 4) is 17.2 Å². The average Bonchev–Trinajstić information content (AvgIpc) is 2.41. The summed E-state index contributed by atoms with van der Waals surface area (Å²) < 4.78 is 10.9. The van der Waals surface area contributed by atoms with Gasteiger partial charge in [-0.3, -0.25) is 0 Å². The van der Waals surface area contributed by atoms with Gasteiger partial charge in [0.1, 0.15) is 5.75 Å². The number of hydrogen-bond donors (Lipinski definition) is 2. The molecule has 1 aliphatic rings. The van der Waals surface area contributed by atoms with Crippen LogP contribution in [-0.4, -0.2) is 23.4 Å². The zero-order valence-corrected chi connectivity index (χ0v) is 8.56. The molecule has 0 amide bonds. The van der Waals surface area contributed by atoms with Crippen molar-refractivity contribution >= 4 is 0 Å². The minimum absolute atomic E-state index is 0.0363. The zero-order valence-electron chi connectivity index (χ0n) is 8.56. The number of phenols is 1. The van der Waals surface area contributed by atoms with Gasteiger partial charge in [0, 0.05) is 6.42 Å². The summed E-state index contributed by atoms with van der Waals surface area (Å²) in [7, 11) is 0. The zero-order chi connectivity index (χ0) is 10.8. The summed E-state index contributed by atoms with van der Waals surface area (Å²) in [5, 5.41) is 19.2. The maximum atomic E-state index is 9.63. The van der Waals surface area contributed by atoms with E-state index in [1.807, 2.05) is 0 Å². The summed E-state index contributed by atoms with van der Waals surface area (Å²) in [5.74, 6) is 1.08. The first-order chi connectivity index (χ1) is 7.20. The van der Waals surface area contributed by atoms with Gasteiger partial charge in [-0.1, -0.05) is 0 Å². The molecule has 1 atom stereocenters. The number of aromatic hydroxyl groups is 1. The van der Waals surface area contributed by atoms with Gasteiger partial charge in [-0.25, -0.2) is 0 Å². The standard InChI is InChI=1S/C11H14O4/c1-7(12)10-8(13)3-4-9-11(10)15-6-2-5-14-9/h3-4,7,12-13H,2,5-6H2,1H3. The lowest BCUT2D eigenvalue weighted by Crippen LogP contribution is -2.01. The quantitative estimate of drug-likeness (QED) is 0.739. The van der Waals surface area contributed by atoms with E-state index in [1.165, 1.54) is 6.07 Å². The van der Waals surface area contributed by atoms with E-state index in [1.54, 1.807) is 13.0 Å². The molecule has 1 aromatic rings. The maximum Gasteiger partial charge on any atom is 0.170 e. The monoisotopic (exact) mass is 210 g/mol. The van der Waals surface area contributed by atoms with Gasteiger partial charge in [0.15, 0.2) is 11.5 Å². The Morgan fingerprint density at radius 1 is 1.27 bits per heavy atom. The Balaban J connectivity index is 2.51. The largest absolute Gasteiger partial charge is 0.507 e. The number of aliphatic hydroxyl groups is 1. The van der Waals surface area contributed by atoms with Crippen LogP contribution in [0, 0.1) is 0 Å². The fourth-order valence-corrected chi connectivity index (χ4v) is 1.65. The summed E-state index contributed by atoms with van der Waals surface area (Å²) in [5.41, 5.74) is 0.398. The Bertz CT molecular complexity index is 360. The average molecular weight is 210 g/mol. The van der Waals surface area contributed by atoms with Gasteiger partial charge in [-0.05, 0) is 19.1 Å². The smallest absolute Gasteiger partial charge is 0.170 e. The molecule has 4 heteroatoms. The van der Waals surface area contributed by atoms with E-state index in [2.05, 4.69) is 0 Å². The van der Waals surface area contributed by atoms with Crippen molar-refractivity contribution in [3.05, 3.63) is 17.7 Å². The van der Waals surface area contributed by atoms with Gasteiger partial charge in [0.25, 0.3) is 0 Å². The Hall–Kier alpha value is -1.42. The first-order valence-electron chi connectivity index (χ1n) is 4.99. The molecule has 82 valence electrons. The minimum atomic E-state index is -0.776. The van der Waals surface area contributed by atoms with Crippen molar-refractivity contribution in [3.63, 3.8) is 0 Å². The van der Waals surface area contributed by atoms with E-state index in [4.69, 9.17) is 9.47 Å². The third-order valence-corrected chi connectivity index (χ3v) is 2.35. The van der Waals surface area contributed by atoms with Crippen LogP contribution < -0.4 is 9.47 Å². The van der Waals surface area contributed by atoms with Crippen molar-refractivity contribution in [2.45, 2.75) is 19.4 Å². The fourth-order valence-electron chi connectivity index (χ4n) is 1.65. The molecule has 0 radical (unpaired) electrons. The number of hydrogen-bond acceptors (Lipinski definition) is 4. The SMILES string of the molecule is CC(O)c1c(O)ccc2c1OCCCO2. The number of fused-ring (bicyclic) bond motifs is 1. The van der Waals surface area contributed by atoms with Crippen LogP contribution in [0.1, 0.15) is 25.0 Å².